The van der Waals surface area contributed by atoms with Gasteiger partial charge in [0, 0.05) is 57.5 Å². The van der Waals surface area contributed by atoms with Gasteiger partial charge in [0.1, 0.15) is 5.82 Å². The summed E-state index contributed by atoms with van der Waals surface area (Å²) in [5.74, 6) is 1.57. The van der Waals surface area contributed by atoms with Crippen LogP contribution in [0.3, 0.4) is 0 Å². The van der Waals surface area contributed by atoms with Gasteiger partial charge in [-0.2, -0.15) is 5.10 Å². The van der Waals surface area contributed by atoms with Crippen LogP contribution in [0.25, 0.3) is 0 Å². The van der Waals surface area contributed by atoms with Gasteiger partial charge in [-0.3, -0.25) is 9.48 Å². The molecule has 4 heterocycles. The van der Waals surface area contributed by atoms with Gasteiger partial charge in [-0.05, 0) is 62.6 Å². The van der Waals surface area contributed by atoms with Crippen molar-refractivity contribution < 1.29 is 9.53 Å². The number of aryl methyl sites for hydroxylation is 1. The van der Waals surface area contributed by atoms with Gasteiger partial charge >= 0.3 is 0 Å². The van der Waals surface area contributed by atoms with E-state index in [-0.39, 0.29) is 11.9 Å². The summed E-state index contributed by atoms with van der Waals surface area (Å²) in [7, 11) is 0. The summed E-state index contributed by atoms with van der Waals surface area (Å²) in [5.41, 5.74) is 0.674. The first-order valence-corrected chi connectivity index (χ1v) is 10.9. The SMILES string of the molecule is O=C(c1ccc(NCC2CCOCC2)nc1)N1CCCCC1CCn1cccn1. The summed E-state index contributed by atoms with van der Waals surface area (Å²) >= 11 is 0. The minimum Gasteiger partial charge on any atom is -0.381 e. The van der Waals surface area contributed by atoms with E-state index in [2.05, 4.69) is 15.4 Å². The molecular weight excluding hydrogens is 366 g/mol. The second kappa shape index (κ2) is 9.87. The fourth-order valence-corrected chi connectivity index (χ4v) is 4.27. The molecule has 29 heavy (non-hydrogen) atoms. The molecule has 0 bridgehead atoms. The number of nitrogens with zero attached hydrogens (tertiary/aromatic N) is 4. The molecule has 2 saturated heterocycles. The maximum absolute atomic E-state index is 13.1. The van der Waals surface area contributed by atoms with E-state index in [1.54, 1.807) is 12.4 Å². The predicted molar refractivity (Wildman–Crippen MR) is 112 cm³/mol. The van der Waals surface area contributed by atoms with Crippen molar-refractivity contribution in [3.63, 3.8) is 0 Å². The van der Waals surface area contributed by atoms with Gasteiger partial charge in [-0.25, -0.2) is 4.98 Å². The molecule has 7 nitrogen and oxygen atoms in total. The van der Waals surface area contributed by atoms with E-state index in [1.807, 2.05) is 34.0 Å². The molecule has 1 atom stereocenters. The van der Waals surface area contributed by atoms with Crippen molar-refractivity contribution >= 4 is 11.7 Å². The monoisotopic (exact) mass is 397 g/mol. The Morgan fingerprint density at radius 3 is 2.86 bits per heavy atom. The van der Waals surface area contributed by atoms with Gasteiger partial charge in [0.25, 0.3) is 5.91 Å². The molecule has 0 aliphatic carbocycles. The first-order chi connectivity index (χ1) is 14.3. The summed E-state index contributed by atoms with van der Waals surface area (Å²) < 4.78 is 7.35. The molecule has 2 aromatic rings. The van der Waals surface area contributed by atoms with Crippen LogP contribution >= 0.6 is 0 Å². The van der Waals surface area contributed by atoms with Crippen LogP contribution in [0.4, 0.5) is 5.82 Å². The average molecular weight is 398 g/mol. The van der Waals surface area contributed by atoms with Crippen molar-refractivity contribution in [1.29, 1.82) is 0 Å². The van der Waals surface area contributed by atoms with E-state index in [0.717, 1.165) is 70.8 Å². The van der Waals surface area contributed by atoms with Crippen LogP contribution in [0.1, 0.15) is 48.9 Å². The van der Waals surface area contributed by atoms with Gasteiger partial charge in [0.15, 0.2) is 0 Å². The number of rotatable bonds is 7. The van der Waals surface area contributed by atoms with Crippen LogP contribution in [-0.2, 0) is 11.3 Å². The highest BCUT2D eigenvalue weighted by Gasteiger charge is 2.27. The molecule has 7 heteroatoms. The number of amides is 1. The van der Waals surface area contributed by atoms with Crippen LogP contribution in [0.2, 0.25) is 0 Å². The van der Waals surface area contributed by atoms with Crippen molar-refractivity contribution in [2.24, 2.45) is 5.92 Å². The molecule has 1 amide bonds. The first-order valence-electron chi connectivity index (χ1n) is 10.9. The van der Waals surface area contributed by atoms with E-state index in [1.165, 1.54) is 6.42 Å². The highest BCUT2D eigenvalue weighted by Crippen LogP contribution is 2.23. The van der Waals surface area contributed by atoms with Crippen LogP contribution in [0.15, 0.2) is 36.8 Å². The number of hydrogen-bond acceptors (Lipinski definition) is 5. The van der Waals surface area contributed by atoms with E-state index in [4.69, 9.17) is 4.74 Å². The lowest BCUT2D eigenvalue weighted by Crippen LogP contribution is -2.44. The van der Waals surface area contributed by atoms with Gasteiger partial charge in [-0.1, -0.05) is 0 Å². The Morgan fingerprint density at radius 1 is 1.21 bits per heavy atom. The van der Waals surface area contributed by atoms with E-state index in [0.29, 0.717) is 11.5 Å². The third-order valence-corrected chi connectivity index (χ3v) is 6.06. The molecule has 0 spiro atoms. The fraction of sp³-hybridized carbons (Fsp3) is 0.591. The molecule has 0 saturated carbocycles. The normalized spacial score (nSPS) is 20.6. The zero-order valence-electron chi connectivity index (χ0n) is 17.0. The Morgan fingerprint density at radius 2 is 2.10 bits per heavy atom. The van der Waals surface area contributed by atoms with Gasteiger partial charge in [0.05, 0.1) is 5.56 Å². The number of likely N-dealkylation sites (tertiary alicyclic amines) is 1. The smallest absolute Gasteiger partial charge is 0.255 e. The number of ether oxygens (including phenoxy) is 1. The number of carbonyl (C=O) groups excluding carboxylic acids is 1. The first kappa shape index (κ1) is 19.9. The molecule has 2 aromatic heterocycles. The van der Waals surface area contributed by atoms with E-state index in [9.17, 15) is 4.79 Å². The number of nitrogens with one attached hydrogen (secondary N) is 1. The number of aromatic nitrogens is 3. The molecule has 1 unspecified atom stereocenters. The van der Waals surface area contributed by atoms with Crippen molar-refractivity contribution in [2.75, 3.05) is 31.6 Å². The summed E-state index contributed by atoms with van der Waals surface area (Å²) in [4.78, 5) is 19.6. The van der Waals surface area contributed by atoms with Crippen LogP contribution in [0, 0.1) is 5.92 Å². The molecule has 2 aliphatic rings. The van der Waals surface area contributed by atoms with Gasteiger partial charge in [-0.15, -0.1) is 0 Å². The number of piperidine rings is 1. The van der Waals surface area contributed by atoms with Crippen molar-refractivity contribution in [2.45, 2.75) is 51.1 Å². The second-order valence-electron chi connectivity index (χ2n) is 8.07. The Hall–Kier alpha value is -2.41. The maximum Gasteiger partial charge on any atom is 0.255 e. The maximum atomic E-state index is 13.1. The number of carbonyl (C=O) groups is 1. The lowest BCUT2D eigenvalue weighted by molar-refractivity contribution is 0.0593. The Balaban J connectivity index is 1.32. The Kier molecular flexibility index (Phi) is 6.77. The molecule has 156 valence electrons. The number of anilines is 1. The average Bonchev–Trinajstić information content (AvgIpc) is 3.31. The fourth-order valence-electron chi connectivity index (χ4n) is 4.27. The van der Waals surface area contributed by atoms with Crippen molar-refractivity contribution in [3.8, 4) is 0 Å². The minimum absolute atomic E-state index is 0.0960. The zero-order valence-corrected chi connectivity index (χ0v) is 17.0. The minimum atomic E-state index is 0.0960. The van der Waals surface area contributed by atoms with Crippen LogP contribution < -0.4 is 5.32 Å². The third kappa shape index (κ3) is 5.35. The van der Waals surface area contributed by atoms with Crippen LogP contribution in [0.5, 0.6) is 0 Å². The summed E-state index contributed by atoms with van der Waals surface area (Å²) in [5, 5.41) is 7.68. The molecule has 0 radical (unpaired) electrons. The number of pyridine rings is 1. The number of hydrogen-bond donors (Lipinski definition) is 1. The molecule has 0 aromatic carbocycles. The third-order valence-electron chi connectivity index (χ3n) is 6.06. The lowest BCUT2D eigenvalue weighted by atomic mass is 9.98. The molecular formula is C22H31N5O2. The summed E-state index contributed by atoms with van der Waals surface area (Å²) in [6.45, 7) is 4.28. The van der Waals surface area contributed by atoms with E-state index < -0.39 is 0 Å². The molecule has 2 aliphatic heterocycles. The Bertz CT molecular complexity index is 756. The second-order valence-corrected chi connectivity index (χ2v) is 8.07. The highest BCUT2D eigenvalue weighted by molar-refractivity contribution is 5.94. The molecule has 2 fully saturated rings. The standard InChI is InChI=1S/C22H31N5O2/c28-22(27-12-2-1-4-20(27)7-13-26-11-3-10-25-26)19-5-6-21(24-17-19)23-16-18-8-14-29-15-9-18/h3,5-6,10-11,17-18,20H,1-2,4,7-9,12-16H2,(H,23,24). The topological polar surface area (TPSA) is 72.3 Å². The van der Waals surface area contributed by atoms with Gasteiger partial charge < -0.3 is 15.0 Å². The summed E-state index contributed by atoms with van der Waals surface area (Å²) in [6.07, 6.45) is 11.9. The Labute approximate surface area is 172 Å². The largest absolute Gasteiger partial charge is 0.381 e. The van der Waals surface area contributed by atoms with Crippen LogP contribution in [-0.4, -0.2) is 57.9 Å². The lowest BCUT2D eigenvalue weighted by Gasteiger charge is -2.36. The molecule has 4 rings (SSSR count). The predicted octanol–water partition coefficient (Wildman–Crippen LogP) is 3.20. The van der Waals surface area contributed by atoms with Crippen molar-refractivity contribution in [3.05, 3.63) is 42.4 Å². The van der Waals surface area contributed by atoms with Crippen molar-refractivity contribution in [1.82, 2.24) is 19.7 Å². The molecule has 1 N–H and O–H groups in total. The highest BCUT2D eigenvalue weighted by atomic mass is 16.5. The quantitative estimate of drug-likeness (QED) is 0.777. The zero-order chi connectivity index (χ0) is 19.9. The summed E-state index contributed by atoms with van der Waals surface area (Å²) in [6, 6.07) is 6.04. The van der Waals surface area contributed by atoms with E-state index >= 15 is 0 Å². The van der Waals surface area contributed by atoms with Gasteiger partial charge in [0.2, 0.25) is 0 Å².